The average Bonchev–Trinajstić information content (AvgIpc) is 3.61. The van der Waals surface area contributed by atoms with Crippen molar-refractivity contribution >= 4 is 27.7 Å². The molecule has 4 rings (SSSR count). The van der Waals surface area contributed by atoms with E-state index in [1.165, 1.54) is 0 Å². The van der Waals surface area contributed by atoms with E-state index < -0.39 is 65.2 Å². The lowest BCUT2D eigenvalue weighted by Gasteiger charge is -2.38. The fraction of sp³-hybridized carbons (Fsp3) is 0.409. The van der Waals surface area contributed by atoms with Crippen LogP contribution in [0.1, 0.15) is 30.0 Å². The topological polar surface area (TPSA) is 111 Å². The molecule has 2 amide bonds. The summed E-state index contributed by atoms with van der Waals surface area (Å²) in [5.41, 5.74) is 0.879. The van der Waals surface area contributed by atoms with E-state index in [0.717, 1.165) is 27.7 Å². The van der Waals surface area contributed by atoms with E-state index in [4.69, 9.17) is 0 Å². The Morgan fingerprint density at radius 2 is 1.91 bits per heavy atom. The number of halogens is 3. The van der Waals surface area contributed by atoms with Crippen LogP contribution in [0.2, 0.25) is 0 Å². The van der Waals surface area contributed by atoms with Crippen LogP contribution in [0.3, 0.4) is 0 Å². The summed E-state index contributed by atoms with van der Waals surface area (Å²) in [4.78, 5) is 31.5. The molecule has 2 fully saturated rings. The predicted octanol–water partition coefficient (Wildman–Crippen LogP) is 1.67. The normalized spacial score (nSPS) is 18.4. The van der Waals surface area contributed by atoms with E-state index in [9.17, 15) is 31.2 Å². The first-order valence-corrected chi connectivity index (χ1v) is 12.3. The lowest BCUT2D eigenvalue weighted by atomic mass is 9.87. The largest absolute Gasteiger partial charge is 0.351 e. The Hall–Kier alpha value is -3.03. The van der Waals surface area contributed by atoms with E-state index in [-0.39, 0.29) is 5.69 Å². The molecule has 2 heterocycles. The Balaban J connectivity index is 1.70. The van der Waals surface area contributed by atoms with Crippen LogP contribution in [0.4, 0.5) is 18.9 Å². The first kappa shape index (κ1) is 25.1. The molecule has 1 saturated heterocycles. The fourth-order valence-electron chi connectivity index (χ4n) is 3.91. The summed E-state index contributed by atoms with van der Waals surface area (Å²) in [5, 5.41) is 2.54. The third kappa shape index (κ3) is 5.80. The first-order chi connectivity index (χ1) is 16.5. The van der Waals surface area contributed by atoms with E-state index in [1.807, 2.05) is 0 Å². The number of benzene rings is 1. The van der Waals surface area contributed by atoms with Crippen LogP contribution < -0.4 is 14.9 Å². The molecule has 2 aliphatic rings. The third-order valence-corrected chi connectivity index (χ3v) is 7.37. The van der Waals surface area contributed by atoms with Crippen molar-refractivity contribution in [2.24, 2.45) is 0 Å². The Labute approximate surface area is 200 Å². The maximum Gasteiger partial charge on any atom is 0.280 e. The molecular formula is C22H24F3N5O4S. The second kappa shape index (κ2) is 9.55. The number of nitrogens with one attached hydrogen (secondary N) is 2. The van der Waals surface area contributed by atoms with Gasteiger partial charge in [0.2, 0.25) is 11.8 Å². The van der Waals surface area contributed by atoms with Gasteiger partial charge in [0.05, 0.1) is 24.6 Å². The van der Waals surface area contributed by atoms with Gasteiger partial charge in [-0.05, 0) is 18.1 Å². The lowest BCUT2D eigenvalue weighted by molar-refractivity contribution is -0.132. The van der Waals surface area contributed by atoms with Gasteiger partial charge in [-0.2, -0.15) is 17.4 Å². The average molecular weight is 512 g/mol. The van der Waals surface area contributed by atoms with Gasteiger partial charge in [-0.25, -0.2) is 13.2 Å². The molecule has 1 aromatic carbocycles. The molecular weight excluding hydrogens is 487 g/mol. The van der Waals surface area contributed by atoms with Crippen LogP contribution >= 0.6 is 0 Å². The van der Waals surface area contributed by atoms with Gasteiger partial charge in [-0.15, -0.1) is 0 Å². The van der Waals surface area contributed by atoms with Crippen molar-refractivity contribution in [1.82, 2.24) is 19.3 Å². The van der Waals surface area contributed by atoms with Crippen LogP contribution in [-0.4, -0.2) is 61.1 Å². The van der Waals surface area contributed by atoms with Crippen LogP contribution in [0.25, 0.3) is 0 Å². The molecule has 0 spiro atoms. The molecule has 2 N–H and O–H groups in total. The zero-order valence-electron chi connectivity index (χ0n) is 18.7. The predicted molar refractivity (Wildman–Crippen MR) is 120 cm³/mol. The van der Waals surface area contributed by atoms with Crippen molar-refractivity contribution in [2.45, 2.75) is 37.8 Å². The third-order valence-electron chi connectivity index (χ3n) is 5.82. The molecule has 0 radical (unpaired) electrons. The lowest BCUT2D eigenvalue weighted by Crippen LogP contribution is -2.55. The number of anilines is 1. The van der Waals surface area contributed by atoms with Crippen molar-refractivity contribution in [3.8, 4) is 0 Å². The Kier molecular flexibility index (Phi) is 6.84. The number of carbonyl (C=O) groups excluding carboxylic acids is 2. The Morgan fingerprint density at radius 1 is 1.23 bits per heavy atom. The molecule has 1 aromatic heterocycles. The molecule has 1 atom stereocenters. The smallest absolute Gasteiger partial charge is 0.280 e. The van der Waals surface area contributed by atoms with Crippen LogP contribution in [0.15, 0.2) is 42.7 Å². The molecule has 1 aliphatic heterocycles. The highest BCUT2D eigenvalue weighted by atomic mass is 32.2. The van der Waals surface area contributed by atoms with Gasteiger partial charge in [0, 0.05) is 38.0 Å². The number of amides is 2. The maximum absolute atomic E-state index is 14.1. The molecule has 2 aromatic rings. The minimum absolute atomic E-state index is 0.0942. The monoisotopic (exact) mass is 511 g/mol. The van der Waals surface area contributed by atoms with Crippen molar-refractivity contribution in [2.75, 3.05) is 24.5 Å². The number of rotatable bonds is 9. The summed E-state index contributed by atoms with van der Waals surface area (Å²) >= 11 is 0. The maximum atomic E-state index is 14.1. The van der Waals surface area contributed by atoms with Gasteiger partial charge in [0.1, 0.15) is 11.9 Å². The fourth-order valence-corrected chi connectivity index (χ4v) is 4.97. The van der Waals surface area contributed by atoms with Crippen LogP contribution in [0, 0.1) is 12.7 Å². The molecule has 0 unspecified atom stereocenters. The highest BCUT2D eigenvalue weighted by Crippen LogP contribution is 2.38. The van der Waals surface area contributed by atoms with Crippen molar-refractivity contribution in [1.29, 1.82) is 0 Å². The van der Waals surface area contributed by atoms with Crippen LogP contribution in [-0.2, 0) is 19.8 Å². The van der Waals surface area contributed by atoms with E-state index in [0.29, 0.717) is 24.2 Å². The number of carbonyl (C=O) groups is 2. The van der Waals surface area contributed by atoms with Gasteiger partial charge >= 0.3 is 0 Å². The van der Waals surface area contributed by atoms with Crippen molar-refractivity contribution < 1.29 is 31.2 Å². The SMILES string of the molecule is Cc1ccccc1[C@H](C(=O)NC1CC(F)(F)C1)N(C(=O)CNS(=O)(=O)N1CC1)c1cncc(F)c1. The van der Waals surface area contributed by atoms with Gasteiger partial charge in [-0.3, -0.25) is 19.5 Å². The van der Waals surface area contributed by atoms with Crippen LogP contribution in [0.5, 0.6) is 0 Å². The van der Waals surface area contributed by atoms with Crippen molar-refractivity contribution in [3.63, 3.8) is 0 Å². The number of pyridine rings is 1. The zero-order chi connectivity index (χ0) is 25.4. The molecule has 1 saturated carbocycles. The number of hydrogen-bond donors (Lipinski definition) is 2. The molecule has 188 valence electrons. The molecule has 35 heavy (non-hydrogen) atoms. The number of alkyl halides is 2. The van der Waals surface area contributed by atoms with E-state index in [1.54, 1.807) is 31.2 Å². The first-order valence-electron chi connectivity index (χ1n) is 10.9. The van der Waals surface area contributed by atoms with Gasteiger partial charge in [0.15, 0.2) is 0 Å². The summed E-state index contributed by atoms with van der Waals surface area (Å²) in [7, 11) is -3.89. The Morgan fingerprint density at radius 3 is 2.51 bits per heavy atom. The quantitative estimate of drug-likeness (QED) is 0.498. The van der Waals surface area contributed by atoms with Gasteiger partial charge < -0.3 is 5.32 Å². The van der Waals surface area contributed by atoms with Gasteiger partial charge in [0.25, 0.3) is 16.1 Å². The highest BCUT2D eigenvalue weighted by Gasteiger charge is 2.47. The number of hydrogen-bond acceptors (Lipinski definition) is 5. The van der Waals surface area contributed by atoms with Crippen molar-refractivity contribution in [3.05, 3.63) is 59.7 Å². The number of aryl methyl sites for hydroxylation is 1. The summed E-state index contributed by atoms with van der Waals surface area (Å²) in [6.45, 7) is 1.62. The highest BCUT2D eigenvalue weighted by molar-refractivity contribution is 7.87. The second-order valence-electron chi connectivity index (χ2n) is 8.58. The van der Waals surface area contributed by atoms with Gasteiger partial charge in [-0.1, -0.05) is 24.3 Å². The second-order valence-corrected chi connectivity index (χ2v) is 10.3. The number of nitrogens with zero attached hydrogens (tertiary/aromatic N) is 3. The molecule has 9 nitrogen and oxygen atoms in total. The molecule has 13 heteroatoms. The minimum atomic E-state index is -3.89. The van der Waals surface area contributed by atoms with E-state index >= 15 is 0 Å². The summed E-state index contributed by atoms with van der Waals surface area (Å²) < 4.78 is 68.5. The Bertz CT molecular complexity index is 1230. The zero-order valence-corrected chi connectivity index (χ0v) is 19.6. The standard InChI is InChI=1S/C22H24F3N5O4S/c1-14-4-2-3-5-18(14)20(21(32)28-16-9-22(24,25)10-16)30(17-8-15(23)11-26-12-17)19(31)13-27-35(33,34)29-6-7-29/h2-5,8,11-12,16,20,27H,6-7,9-10,13H2,1H3,(H,28,32)/t20-/m1/s1. The van der Waals surface area contributed by atoms with E-state index in [2.05, 4.69) is 15.0 Å². The summed E-state index contributed by atoms with van der Waals surface area (Å²) in [6.07, 6.45) is 0.999. The summed E-state index contributed by atoms with van der Waals surface area (Å²) in [5.74, 6) is -5.28. The molecule has 1 aliphatic carbocycles. The molecule has 0 bridgehead atoms. The summed E-state index contributed by atoms with van der Waals surface area (Å²) in [6, 6.07) is 5.43. The number of aromatic nitrogens is 1. The minimum Gasteiger partial charge on any atom is -0.351 e.